The molecule has 0 aromatic heterocycles. The molecule has 3 aliphatic heterocycles. The number of ether oxygens (including phenoxy) is 2. The molecule has 11 nitrogen and oxygen atoms in total. The van der Waals surface area contributed by atoms with Crippen LogP contribution in [-0.4, -0.2) is 108 Å². The molecule has 0 spiro atoms. The summed E-state index contributed by atoms with van der Waals surface area (Å²) in [6.07, 6.45) is 1.89. The number of hydrogen-bond donors (Lipinski definition) is 1. The molecule has 2 aromatic carbocycles. The molecule has 6 rings (SSSR count). The van der Waals surface area contributed by atoms with E-state index in [0.717, 1.165) is 25.9 Å². The molecule has 3 unspecified atom stereocenters. The second-order valence-electron chi connectivity index (χ2n) is 13.4. The molecule has 1 N–H and O–H groups in total. The molecule has 1 saturated carbocycles. The summed E-state index contributed by atoms with van der Waals surface area (Å²) in [6, 6.07) is 14.0. The van der Waals surface area contributed by atoms with Crippen molar-refractivity contribution in [1.29, 1.82) is 0 Å². The summed E-state index contributed by atoms with van der Waals surface area (Å²) in [4.78, 5) is 59.9. The lowest BCUT2D eigenvalue weighted by atomic mass is 9.79. The van der Waals surface area contributed by atoms with E-state index in [4.69, 9.17) is 32.7 Å². The van der Waals surface area contributed by atoms with E-state index in [-0.39, 0.29) is 62.1 Å². The molecule has 4 atom stereocenters. The zero-order chi connectivity index (χ0) is 36.4. The molecule has 2 aromatic rings. The minimum atomic E-state index is -1.62. The van der Waals surface area contributed by atoms with Crippen LogP contribution in [-0.2, 0) is 39.5 Å². The summed E-state index contributed by atoms with van der Waals surface area (Å²) < 4.78 is 24.1. The van der Waals surface area contributed by atoms with Crippen LogP contribution in [0.25, 0.3) is 0 Å². The lowest BCUT2D eigenvalue weighted by Crippen LogP contribution is -2.52. The van der Waals surface area contributed by atoms with Crippen molar-refractivity contribution in [2.45, 2.75) is 43.0 Å². The standard InChI is InChI=1S/C37H42Cl2N4O7S/c1-22(44)43-19-23-16-25(17-24(23)20-43)41-12-14-42(15-13-41)31(45)18-29-33(36(46)49-2)35(32-27(38)10-7-11-28(32)39)34(37(47)50-3)30(40-29)21-51(48)26-8-5-4-6-9-26/h4-11,23-25,35,40H,12-21H2,1-3H3/t23?,24?,25?,35-,51?/m0/s1. The van der Waals surface area contributed by atoms with E-state index in [1.807, 2.05) is 11.0 Å². The van der Waals surface area contributed by atoms with Crippen molar-refractivity contribution in [2.24, 2.45) is 11.8 Å². The Morgan fingerprint density at radius 3 is 1.92 bits per heavy atom. The maximum atomic E-state index is 14.0. The van der Waals surface area contributed by atoms with Crippen LogP contribution in [0.1, 0.15) is 37.7 Å². The zero-order valence-corrected chi connectivity index (χ0v) is 31.2. The van der Waals surface area contributed by atoms with Crippen LogP contribution >= 0.6 is 23.2 Å². The van der Waals surface area contributed by atoms with Crippen LogP contribution in [0.5, 0.6) is 0 Å². The Morgan fingerprint density at radius 2 is 1.37 bits per heavy atom. The van der Waals surface area contributed by atoms with E-state index in [2.05, 4.69) is 10.2 Å². The molecule has 51 heavy (non-hydrogen) atoms. The van der Waals surface area contributed by atoms with Gasteiger partial charge in [0.25, 0.3) is 0 Å². The van der Waals surface area contributed by atoms with Gasteiger partial charge in [0.1, 0.15) is 0 Å². The Morgan fingerprint density at radius 1 is 0.804 bits per heavy atom. The summed E-state index contributed by atoms with van der Waals surface area (Å²) in [5.41, 5.74) is 0.681. The lowest BCUT2D eigenvalue weighted by molar-refractivity contribution is -0.137. The lowest BCUT2D eigenvalue weighted by Gasteiger charge is -2.39. The molecular weight excluding hydrogens is 715 g/mol. The number of nitrogens with zero attached hydrogens (tertiary/aromatic N) is 3. The highest BCUT2D eigenvalue weighted by Gasteiger charge is 2.45. The van der Waals surface area contributed by atoms with Crippen molar-refractivity contribution in [3.05, 3.63) is 86.7 Å². The van der Waals surface area contributed by atoms with Crippen LogP contribution in [0.3, 0.4) is 0 Å². The molecule has 4 aliphatic rings. The van der Waals surface area contributed by atoms with Crippen LogP contribution in [0.15, 0.2) is 76.0 Å². The van der Waals surface area contributed by atoms with Crippen molar-refractivity contribution in [1.82, 2.24) is 20.0 Å². The number of hydrogen-bond acceptors (Lipinski definition) is 9. The van der Waals surface area contributed by atoms with Gasteiger partial charge < -0.3 is 24.6 Å². The first-order chi connectivity index (χ1) is 24.5. The number of likely N-dealkylation sites (tertiary alicyclic amines) is 1. The Hall–Kier alpha value is -3.71. The Balaban J connectivity index is 1.28. The van der Waals surface area contributed by atoms with Gasteiger partial charge in [0.15, 0.2) is 0 Å². The van der Waals surface area contributed by atoms with Gasteiger partial charge in [-0.05, 0) is 48.9 Å². The molecule has 1 aliphatic carbocycles. The number of carbonyl (C=O) groups excluding carboxylic acids is 4. The number of rotatable bonds is 9. The summed E-state index contributed by atoms with van der Waals surface area (Å²) in [6.45, 7) is 5.75. The molecule has 0 bridgehead atoms. The summed E-state index contributed by atoms with van der Waals surface area (Å²) in [5, 5.41) is 3.55. The monoisotopic (exact) mass is 756 g/mol. The van der Waals surface area contributed by atoms with E-state index >= 15 is 0 Å². The first-order valence-electron chi connectivity index (χ1n) is 17.0. The maximum absolute atomic E-state index is 14.0. The summed E-state index contributed by atoms with van der Waals surface area (Å²) in [5.74, 6) is -1.93. The molecule has 3 heterocycles. The van der Waals surface area contributed by atoms with Crippen molar-refractivity contribution in [3.63, 3.8) is 0 Å². The third-order valence-electron chi connectivity index (χ3n) is 10.6. The van der Waals surface area contributed by atoms with Gasteiger partial charge >= 0.3 is 11.9 Å². The van der Waals surface area contributed by atoms with E-state index in [0.29, 0.717) is 49.0 Å². The van der Waals surface area contributed by atoms with E-state index < -0.39 is 28.7 Å². The highest BCUT2D eigenvalue weighted by molar-refractivity contribution is 7.85. The number of amides is 2. The molecule has 272 valence electrons. The van der Waals surface area contributed by atoms with Crippen molar-refractivity contribution >= 4 is 57.8 Å². The smallest absolute Gasteiger partial charge is 0.336 e. The van der Waals surface area contributed by atoms with Gasteiger partial charge in [-0.15, -0.1) is 0 Å². The SMILES string of the molecule is COC(=O)C1=C(CC(=O)N2CCN(C3CC4CN(C(C)=O)CC4C3)CC2)NC(CS(=O)c2ccccc2)=C(C(=O)OC)[C@H]1c1c(Cl)cccc1Cl. The van der Waals surface area contributed by atoms with Crippen LogP contribution in [0.2, 0.25) is 10.0 Å². The molecule has 14 heteroatoms. The van der Waals surface area contributed by atoms with Crippen LogP contribution in [0.4, 0.5) is 0 Å². The third-order valence-corrected chi connectivity index (χ3v) is 12.6. The Bertz CT molecular complexity index is 1760. The number of methoxy groups -OCH3 is 2. The molecule has 0 radical (unpaired) electrons. The van der Waals surface area contributed by atoms with Gasteiger partial charge in [-0.25, -0.2) is 9.59 Å². The normalized spacial score (nSPS) is 24.3. The van der Waals surface area contributed by atoms with Gasteiger partial charge in [0, 0.05) is 84.1 Å². The van der Waals surface area contributed by atoms with Gasteiger partial charge in [0.05, 0.1) is 54.3 Å². The summed E-state index contributed by atoms with van der Waals surface area (Å²) in [7, 11) is 0.809. The number of dihydropyridines is 1. The second kappa shape index (κ2) is 15.9. The Labute approximate surface area is 310 Å². The quantitative estimate of drug-likeness (QED) is 0.376. The average Bonchev–Trinajstić information content (AvgIpc) is 3.72. The Kier molecular flexibility index (Phi) is 11.5. The number of carbonyl (C=O) groups is 4. The largest absolute Gasteiger partial charge is 0.466 e. The van der Waals surface area contributed by atoms with Gasteiger partial charge in [-0.1, -0.05) is 47.5 Å². The number of fused-ring (bicyclic) bond motifs is 1. The summed E-state index contributed by atoms with van der Waals surface area (Å²) >= 11 is 13.4. The number of nitrogens with one attached hydrogen (secondary N) is 1. The minimum Gasteiger partial charge on any atom is -0.466 e. The fourth-order valence-corrected chi connectivity index (χ4v) is 9.78. The molecule has 3 fully saturated rings. The van der Waals surface area contributed by atoms with Crippen LogP contribution in [0, 0.1) is 11.8 Å². The second-order valence-corrected chi connectivity index (χ2v) is 15.7. The van der Waals surface area contributed by atoms with Crippen molar-refractivity contribution in [2.75, 3.05) is 59.2 Å². The zero-order valence-electron chi connectivity index (χ0n) is 28.9. The first kappa shape index (κ1) is 37.1. The fourth-order valence-electron chi connectivity index (χ4n) is 8.05. The van der Waals surface area contributed by atoms with E-state index in [9.17, 15) is 23.4 Å². The third kappa shape index (κ3) is 7.74. The van der Waals surface area contributed by atoms with E-state index in [1.54, 1.807) is 54.3 Å². The van der Waals surface area contributed by atoms with Gasteiger partial charge in [0.2, 0.25) is 11.8 Å². The predicted molar refractivity (Wildman–Crippen MR) is 193 cm³/mol. The topological polar surface area (TPSA) is 126 Å². The fraction of sp³-hybridized carbons (Fsp3) is 0.459. The predicted octanol–water partition coefficient (Wildman–Crippen LogP) is 4.13. The van der Waals surface area contributed by atoms with Crippen LogP contribution < -0.4 is 5.32 Å². The van der Waals surface area contributed by atoms with Gasteiger partial charge in [-0.3, -0.25) is 18.7 Å². The highest BCUT2D eigenvalue weighted by atomic mass is 35.5. The molecular formula is C37H42Cl2N4O7S. The number of benzene rings is 2. The minimum absolute atomic E-state index is 0.00486. The van der Waals surface area contributed by atoms with Gasteiger partial charge in [-0.2, -0.15) is 0 Å². The van der Waals surface area contributed by atoms with Crippen molar-refractivity contribution in [3.8, 4) is 0 Å². The maximum Gasteiger partial charge on any atom is 0.336 e. The molecule has 2 amide bonds. The first-order valence-corrected chi connectivity index (χ1v) is 19.1. The highest BCUT2D eigenvalue weighted by Crippen LogP contribution is 2.46. The van der Waals surface area contributed by atoms with E-state index in [1.165, 1.54) is 14.2 Å². The number of piperazine rings is 1. The number of halogens is 2. The molecule has 2 saturated heterocycles. The van der Waals surface area contributed by atoms with Crippen molar-refractivity contribution < 1.29 is 32.9 Å². The number of esters is 2. The average molecular weight is 758 g/mol.